The number of thiazole rings is 1. The topological polar surface area (TPSA) is 49.6 Å². The lowest BCUT2D eigenvalue weighted by molar-refractivity contribution is -0.0731. The quantitative estimate of drug-likeness (QED) is 0.892. The molecule has 1 saturated carbocycles. The molecule has 2 heterocycles. The van der Waals surface area contributed by atoms with Gasteiger partial charge in [-0.05, 0) is 13.3 Å². The van der Waals surface area contributed by atoms with Crippen LogP contribution in [0.3, 0.4) is 0 Å². The molecule has 0 amide bonds. The monoisotopic (exact) mass is 265 g/mol. The van der Waals surface area contributed by atoms with E-state index >= 15 is 0 Å². The average molecular weight is 265 g/mol. The molecule has 0 radical (unpaired) electrons. The lowest BCUT2D eigenvalue weighted by atomic mass is 9.64. The molecule has 2 unspecified atom stereocenters. The standard InChI is InChI=1S/C13H19N3OS/c1-8-9(16-4-5-18-12(16)15-8)7-14-10-6-11(17)13(10,2)3/h4-5,10-11,14,17H,6-7H2,1-3H3. The van der Waals surface area contributed by atoms with Crippen LogP contribution in [0, 0.1) is 12.3 Å². The highest BCUT2D eigenvalue weighted by Crippen LogP contribution is 2.40. The maximum Gasteiger partial charge on any atom is 0.194 e. The Morgan fingerprint density at radius 1 is 1.61 bits per heavy atom. The van der Waals surface area contributed by atoms with E-state index in [1.54, 1.807) is 11.3 Å². The van der Waals surface area contributed by atoms with Crippen LogP contribution in [0.5, 0.6) is 0 Å². The van der Waals surface area contributed by atoms with E-state index in [-0.39, 0.29) is 11.5 Å². The summed E-state index contributed by atoms with van der Waals surface area (Å²) in [5.41, 5.74) is 2.29. The van der Waals surface area contributed by atoms with Crippen LogP contribution in [0.4, 0.5) is 0 Å². The van der Waals surface area contributed by atoms with Gasteiger partial charge in [0.1, 0.15) is 0 Å². The molecule has 0 saturated heterocycles. The highest BCUT2D eigenvalue weighted by Gasteiger charge is 2.46. The van der Waals surface area contributed by atoms with E-state index in [4.69, 9.17) is 0 Å². The molecular formula is C13H19N3OS. The molecule has 1 aliphatic carbocycles. The van der Waals surface area contributed by atoms with E-state index in [1.165, 1.54) is 5.69 Å². The van der Waals surface area contributed by atoms with Crippen LogP contribution in [0.1, 0.15) is 31.7 Å². The summed E-state index contributed by atoms with van der Waals surface area (Å²) in [5.74, 6) is 0. The van der Waals surface area contributed by atoms with Crippen molar-refractivity contribution in [1.82, 2.24) is 14.7 Å². The van der Waals surface area contributed by atoms with Crippen molar-refractivity contribution in [3.05, 3.63) is 23.0 Å². The van der Waals surface area contributed by atoms with Gasteiger partial charge in [0, 0.05) is 29.6 Å². The van der Waals surface area contributed by atoms with Crippen LogP contribution < -0.4 is 5.32 Å². The maximum absolute atomic E-state index is 9.74. The fraction of sp³-hybridized carbons (Fsp3) is 0.615. The minimum absolute atomic E-state index is 0.0215. The molecule has 98 valence electrons. The van der Waals surface area contributed by atoms with Gasteiger partial charge in [-0.25, -0.2) is 4.98 Å². The zero-order valence-electron chi connectivity index (χ0n) is 11.0. The van der Waals surface area contributed by atoms with Gasteiger partial charge in [0.2, 0.25) is 0 Å². The fourth-order valence-electron chi connectivity index (χ4n) is 2.62. The number of hydrogen-bond donors (Lipinski definition) is 2. The maximum atomic E-state index is 9.74. The van der Waals surface area contributed by atoms with Gasteiger partial charge in [-0.15, -0.1) is 11.3 Å². The van der Waals surface area contributed by atoms with E-state index in [0.29, 0.717) is 6.04 Å². The van der Waals surface area contributed by atoms with Crippen molar-refractivity contribution in [2.45, 2.75) is 45.9 Å². The highest BCUT2D eigenvalue weighted by atomic mass is 32.1. The summed E-state index contributed by atoms with van der Waals surface area (Å²) in [6, 6.07) is 0.385. The Balaban J connectivity index is 1.74. The van der Waals surface area contributed by atoms with Gasteiger partial charge in [-0.1, -0.05) is 13.8 Å². The second-order valence-electron chi connectivity index (χ2n) is 5.71. The third kappa shape index (κ3) is 1.69. The highest BCUT2D eigenvalue weighted by molar-refractivity contribution is 7.15. The molecule has 18 heavy (non-hydrogen) atoms. The summed E-state index contributed by atoms with van der Waals surface area (Å²) < 4.78 is 2.15. The molecule has 5 heteroatoms. The van der Waals surface area contributed by atoms with Crippen LogP contribution in [-0.2, 0) is 6.54 Å². The minimum Gasteiger partial charge on any atom is -0.392 e. The Kier molecular flexibility index (Phi) is 2.73. The molecule has 2 N–H and O–H groups in total. The van der Waals surface area contributed by atoms with Crippen molar-refractivity contribution in [2.75, 3.05) is 0 Å². The van der Waals surface area contributed by atoms with Gasteiger partial charge in [-0.3, -0.25) is 4.40 Å². The zero-order valence-corrected chi connectivity index (χ0v) is 11.8. The number of aliphatic hydroxyl groups is 1. The van der Waals surface area contributed by atoms with Crippen molar-refractivity contribution in [1.29, 1.82) is 0 Å². The predicted octanol–water partition coefficient (Wildman–Crippen LogP) is 1.95. The Morgan fingerprint density at radius 2 is 2.39 bits per heavy atom. The number of aryl methyl sites for hydroxylation is 1. The third-order valence-corrected chi connectivity index (χ3v) is 5.05. The van der Waals surface area contributed by atoms with Gasteiger partial charge in [0.05, 0.1) is 17.5 Å². The molecule has 1 aliphatic rings. The number of aromatic nitrogens is 2. The number of hydrogen-bond acceptors (Lipinski definition) is 4. The van der Waals surface area contributed by atoms with Gasteiger partial charge < -0.3 is 10.4 Å². The summed E-state index contributed by atoms with van der Waals surface area (Å²) in [7, 11) is 0. The third-order valence-electron chi connectivity index (χ3n) is 4.29. The second-order valence-corrected chi connectivity index (χ2v) is 6.58. The average Bonchev–Trinajstić information content (AvgIpc) is 2.86. The second kappa shape index (κ2) is 4.05. The van der Waals surface area contributed by atoms with E-state index in [2.05, 4.69) is 47.0 Å². The Bertz CT molecular complexity index is 572. The number of nitrogens with one attached hydrogen (secondary N) is 1. The van der Waals surface area contributed by atoms with Crippen LogP contribution in [0.2, 0.25) is 0 Å². The molecule has 3 rings (SSSR count). The molecule has 2 aromatic rings. The lowest BCUT2D eigenvalue weighted by Crippen LogP contribution is -2.59. The molecule has 1 fully saturated rings. The van der Waals surface area contributed by atoms with E-state index < -0.39 is 0 Å². The van der Waals surface area contributed by atoms with Crippen molar-refractivity contribution in [2.24, 2.45) is 5.41 Å². The molecule has 2 aromatic heterocycles. The fourth-order valence-corrected chi connectivity index (χ4v) is 3.40. The SMILES string of the molecule is Cc1nc2sccn2c1CNC1CC(O)C1(C)C. The first-order chi connectivity index (χ1) is 8.50. The minimum atomic E-state index is -0.178. The van der Waals surface area contributed by atoms with Crippen LogP contribution in [-0.4, -0.2) is 26.6 Å². The first-order valence-corrected chi connectivity index (χ1v) is 7.20. The van der Waals surface area contributed by atoms with E-state index in [1.807, 2.05) is 0 Å². The first kappa shape index (κ1) is 12.1. The largest absolute Gasteiger partial charge is 0.392 e. The molecule has 0 spiro atoms. The molecule has 2 atom stereocenters. The number of nitrogens with zero attached hydrogens (tertiary/aromatic N) is 2. The number of rotatable bonds is 3. The van der Waals surface area contributed by atoms with Crippen molar-refractivity contribution >= 4 is 16.3 Å². The Morgan fingerprint density at radius 3 is 3.06 bits per heavy atom. The van der Waals surface area contributed by atoms with Gasteiger partial charge in [0.25, 0.3) is 0 Å². The van der Waals surface area contributed by atoms with E-state index in [0.717, 1.165) is 23.6 Å². The van der Waals surface area contributed by atoms with Crippen LogP contribution >= 0.6 is 11.3 Å². The Hall–Kier alpha value is -0.910. The Labute approximate surface area is 111 Å². The van der Waals surface area contributed by atoms with Crippen molar-refractivity contribution < 1.29 is 5.11 Å². The number of aliphatic hydroxyl groups excluding tert-OH is 1. The zero-order chi connectivity index (χ0) is 12.9. The summed E-state index contributed by atoms with van der Waals surface area (Å²) in [5, 5.41) is 15.3. The van der Waals surface area contributed by atoms with Crippen LogP contribution in [0.15, 0.2) is 11.6 Å². The predicted molar refractivity (Wildman–Crippen MR) is 72.8 cm³/mol. The smallest absolute Gasteiger partial charge is 0.194 e. The number of fused-ring (bicyclic) bond motifs is 1. The summed E-state index contributed by atoms with van der Waals surface area (Å²) in [4.78, 5) is 5.59. The van der Waals surface area contributed by atoms with Crippen molar-refractivity contribution in [3.63, 3.8) is 0 Å². The van der Waals surface area contributed by atoms with Crippen molar-refractivity contribution in [3.8, 4) is 0 Å². The molecule has 0 aromatic carbocycles. The lowest BCUT2D eigenvalue weighted by Gasteiger charge is -2.49. The van der Waals surface area contributed by atoms with Gasteiger partial charge in [0.15, 0.2) is 4.96 Å². The summed E-state index contributed by atoms with van der Waals surface area (Å²) >= 11 is 1.66. The molecule has 0 bridgehead atoms. The normalized spacial score (nSPS) is 26.4. The molecular weight excluding hydrogens is 246 g/mol. The number of imidazole rings is 1. The first-order valence-electron chi connectivity index (χ1n) is 6.32. The molecule has 0 aliphatic heterocycles. The molecule has 4 nitrogen and oxygen atoms in total. The summed E-state index contributed by atoms with van der Waals surface area (Å²) in [6.45, 7) is 7.09. The van der Waals surface area contributed by atoms with Gasteiger partial charge in [-0.2, -0.15) is 0 Å². The van der Waals surface area contributed by atoms with Gasteiger partial charge >= 0.3 is 0 Å². The van der Waals surface area contributed by atoms with E-state index in [9.17, 15) is 5.11 Å². The van der Waals surface area contributed by atoms with Crippen LogP contribution in [0.25, 0.3) is 4.96 Å². The summed E-state index contributed by atoms with van der Waals surface area (Å²) in [6.07, 6.45) is 2.73.